The molecule has 2 radical (unpaired) electrons. The SMILES string of the molecule is CCCCN(CC[O-])CCO.CCCCN(CC[O-])CCO.O.O.O.O.O=C([O-])c1c2ccccc2cc2ccccc12.O=C([O-])c1c2ccccc2cc2ccccc12.[Cu+2].[Cu+2]. The van der Waals surface area contributed by atoms with Crippen molar-refractivity contribution in [3.8, 4) is 0 Å². The summed E-state index contributed by atoms with van der Waals surface area (Å²) in [6, 6.07) is 33.8. The number of unbranched alkanes of at least 4 members (excludes halogenated alkanes) is 2. The van der Waals surface area contributed by atoms with Crippen molar-refractivity contribution in [2.75, 3.05) is 65.7 Å². The molecule has 10 N–H and O–H groups in total. The molecule has 0 aliphatic rings. The maximum Gasteiger partial charge on any atom is 2.00 e. The fourth-order valence-electron chi connectivity index (χ4n) is 6.44. The molecule has 350 valence electrons. The van der Waals surface area contributed by atoms with Crippen LogP contribution in [0, 0.1) is 0 Å². The Kier molecular flexibility index (Phi) is 37.9. The monoisotopic (exact) mass is 960 g/mol. The summed E-state index contributed by atoms with van der Waals surface area (Å²) >= 11 is 0. The molecular weight excluding hydrogens is 900 g/mol. The van der Waals surface area contributed by atoms with E-state index in [2.05, 4.69) is 13.8 Å². The Bertz CT molecular complexity index is 1840. The third-order valence-corrected chi connectivity index (χ3v) is 9.25. The second-order valence-electron chi connectivity index (χ2n) is 13.2. The van der Waals surface area contributed by atoms with Crippen molar-refractivity contribution in [3.63, 3.8) is 0 Å². The molecule has 0 saturated carbocycles. The molecule has 0 amide bonds. The number of aliphatic hydroxyl groups is 2. The molecular formula is C46H62Cu2N2O12. The van der Waals surface area contributed by atoms with Crippen LogP contribution in [0.3, 0.4) is 0 Å². The van der Waals surface area contributed by atoms with Crippen LogP contribution < -0.4 is 20.4 Å². The van der Waals surface area contributed by atoms with E-state index in [9.17, 15) is 30.0 Å². The van der Waals surface area contributed by atoms with Gasteiger partial charge in [-0.2, -0.15) is 0 Å². The summed E-state index contributed by atoms with van der Waals surface area (Å²) in [5.41, 5.74) is 0.553. The van der Waals surface area contributed by atoms with E-state index in [1.165, 1.54) is 0 Å². The van der Waals surface area contributed by atoms with Crippen molar-refractivity contribution in [2.45, 2.75) is 39.5 Å². The Morgan fingerprint density at radius 3 is 0.935 bits per heavy atom. The number of carboxylic acid groups (broad SMARTS) is 2. The van der Waals surface area contributed by atoms with Gasteiger partial charge in [-0.25, -0.2) is 0 Å². The van der Waals surface area contributed by atoms with Crippen LogP contribution in [0.1, 0.15) is 60.2 Å². The number of nitrogens with zero attached hydrogens (tertiary/aromatic N) is 2. The number of benzene rings is 6. The van der Waals surface area contributed by atoms with Gasteiger partial charge in [0.1, 0.15) is 0 Å². The van der Waals surface area contributed by atoms with Crippen molar-refractivity contribution in [3.05, 3.63) is 120 Å². The first kappa shape index (κ1) is 64.6. The zero-order valence-corrected chi connectivity index (χ0v) is 37.0. The molecule has 16 heteroatoms. The fraction of sp³-hybridized carbons (Fsp3) is 0.348. The molecule has 0 unspecified atom stereocenters. The Morgan fingerprint density at radius 2 is 0.726 bits per heavy atom. The first-order valence-electron chi connectivity index (χ1n) is 19.3. The Hall–Kier alpha value is -4.06. The molecule has 0 spiro atoms. The third kappa shape index (κ3) is 20.0. The van der Waals surface area contributed by atoms with Crippen molar-refractivity contribution in [1.29, 1.82) is 0 Å². The molecule has 62 heavy (non-hydrogen) atoms. The van der Waals surface area contributed by atoms with Gasteiger partial charge in [0.25, 0.3) is 0 Å². The van der Waals surface area contributed by atoms with E-state index in [4.69, 9.17) is 10.2 Å². The molecule has 0 heterocycles. The maximum atomic E-state index is 11.3. The quantitative estimate of drug-likeness (QED) is 0.0987. The first-order chi connectivity index (χ1) is 27.2. The van der Waals surface area contributed by atoms with Crippen LogP contribution in [0.15, 0.2) is 109 Å². The summed E-state index contributed by atoms with van der Waals surface area (Å²) in [6.07, 6.45) is 4.50. The molecule has 0 aromatic heterocycles. The minimum atomic E-state index is -1.13. The second-order valence-corrected chi connectivity index (χ2v) is 13.2. The van der Waals surface area contributed by atoms with E-state index in [0.717, 1.165) is 81.9 Å². The molecule has 0 saturated heterocycles. The maximum absolute atomic E-state index is 11.3. The fourth-order valence-corrected chi connectivity index (χ4v) is 6.44. The smallest absolute Gasteiger partial charge is 0.854 e. The number of aromatic carboxylic acids is 2. The van der Waals surface area contributed by atoms with Gasteiger partial charge < -0.3 is 71.9 Å². The van der Waals surface area contributed by atoms with Gasteiger partial charge in [-0.3, -0.25) is 0 Å². The minimum absolute atomic E-state index is 0. The zero-order valence-electron chi connectivity index (χ0n) is 35.1. The van der Waals surface area contributed by atoms with Gasteiger partial charge in [-0.1, -0.05) is 124 Å². The third-order valence-electron chi connectivity index (χ3n) is 9.25. The summed E-state index contributed by atoms with van der Waals surface area (Å²) in [5.74, 6) is -2.25. The number of carbonyl (C=O) groups excluding carboxylic acids is 2. The van der Waals surface area contributed by atoms with E-state index < -0.39 is 11.9 Å². The summed E-state index contributed by atoms with van der Waals surface area (Å²) in [5, 5.41) is 67.0. The van der Waals surface area contributed by atoms with Gasteiger partial charge in [-0.05, 0) is 94.2 Å². The van der Waals surface area contributed by atoms with Crippen LogP contribution in [-0.4, -0.2) is 120 Å². The number of hydrogen-bond donors (Lipinski definition) is 2. The summed E-state index contributed by atoms with van der Waals surface area (Å²) in [7, 11) is 0. The predicted octanol–water partition coefficient (Wildman–Crippen LogP) is 0.291. The van der Waals surface area contributed by atoms with Crippen LogP contribution in [0.25, 0.3) is 43.1 Å². The van der Waals surface area contributed by atoms with E-state index in [0.29, 0.717) is 26.2 Å². The topological polar surface area (TPSA) is 299 Å². The normalized spacial score (nSPS) is 9.81. The van der Waals surface area contributed by atoms with Crippen LogP contribution in [0.2, 0.25) is 0 Å². The summed E-state index contributed by atoms with van der Waals surface area (Å²) in [6.45, 7) is 8.73. The van der Waals surface area contributed by atoms with Gasteiger partial charge in [0.15, 0.2) is 0 Å². The molecule has 0 fully saturated rings. The Labute approximate surface area is 385 Å². The number of carbonyl (C=O) groups is 2. The van der Waals surface area contributed by atoms with E-state index in [-0.39, 0.29) is 93.6 Å². The van der Waals surface area contributed by atoms with E-state index >= 15 is 0 Å². The Morgan fingerprint density at radius 1 is 0.468 bits per heavy atom. The number of hydrogen-bond acceptors (Lipinski definition) is 10. The van der Waals surface area contributed by atoms with Crippen molar-refractivity contribution < 1.29 is 96.3 Å². The van der Waals surface area contributed by atoms with Crippen LogP contribution in [0.5, 0.6) is 0 Å². The zero-order chi connectivity index (χ0) is 40.7. The molecule has 6 rings (SSSR count). The number of fused-ring (bicyclic) bond motifs is 4. The van der Waals surface area contributed by atoms with Gasteiger partial charge in [0.05, 0.1) is 25.2 Å². The first-order valence-corrected chi connectivity index (χ1v) is 19.3. The largest absolute Gasteiger partial charge is 2.00 e. The standard InChI is InChI=1S/2C15H10O2.2C8H18NO2.2Cu.4H2O/c2*16-15(17)14-12-7-3-1-5-10(12)9-11-6-2-4-8-13(11)14;2*1-2-3-4-9(5-7-10)6-8-11;;;;;;/h2*1-9H,(H,16,17);2*10H,2-8H2,1H3;;;4*1H2/q;;2*-1;2*+2;;;;/p-2. The van der Waals surface area contributed by atoms with Crippen molar-refractivity contribution >= 4 is 55.0 Å². The average Bonchev–Trinajstić information content (AvgIpc) is 3.21. The molecule has 0 aliphatic carbocycles. The van der Waals surface area contributed by atoms with E-state index in [1.54, 1.807) is 0 Å². The van der Waals surface area contributed by atoms with Gasteiger partial charge in [0, 0.05) is 24.2 Å². The van der Waals surface area contributed by atoms with Crippen LogP contribution >= 0.6 is 0 Å². The minimum Gasteiger partial charge on any atom is -0.854 e. The van der Waals surface area contributed by atoms with Gasteiger partial charge in [-0.15, -0.1) is 13.2 Å². The van der Waals surface area contributed by atoms with Crippen LogP contribution in [-0.2, 0) is 34.1 Å². The molecule has 6 aromatic carbocycles. The Balaban J connectivity index is -0.000000359. The second kappa shape index (κ2) is 36.4. The number of aliphatic hydroxyl groups excluding tert-OH is 2. The van der Waals surface area contributed by atoms with Crippen molar-refractivity contribution in [2.24, 2.45) is 0 Å². The van der Waals surface area contributed by atoms with Gasteiger partial charge >= 0.3 is 34.1 Å². The van der Waals surface area contributed by atoms with E-state index in [1.807, 2.05) is 119 Å². The number of carboxylic acids is 2. The van der Waals surface area contributed by atoms with Crippen LogP contribution in [0.4, 0.5) is 0 Å². The number of rotatable bonds is 16. The summed E-state index contributed by atoms with van der Waals surface area (Å²) in [4.78, 5) is 26.7. The molecule has 0 atom stereocenters. The predicted molar refractivity (Wildman–Crippen MR) is 233 cm³/mol. The van der Waals surface area contributed by atoms with Gasteiger partial charge in [0.2, 0.25) is 0 Å². The molecule has 0 bridgehead atoms. The molecule has 6 aromatic rings. The molecule has 14 nitrogen and oxygen atoms in total. The summed E-state index contributed by atoms with van der Waals surface area (Å²) < 4.78 is 0. The molecule has 0 aliphatic heterocycles. The van der Waals surface area contributed by atoms with Crippen molar-refractivity contribution in [1.82, 2.24) is 9.80 Å². The average molecular weight is 962 g/mol.